The smallest absolute Gasteiger partial charge is 0.144 e. The van der Waals surface area contributed by atoms with Crippen LogP contribution in [0.3, 0.4) is 0 Å². The topological polar surface area (TPSA) is 24.4 Å². The highest BCUT2D eigenvalue weighted by molar-refractivity contribution is 6.44. The monoisotopic (exact) mass is 270 g/mol. The van der Waals surface area contributed by atoms with Crippen LogP contribution in [0.25, 0.3) is 0 Å². The highest BCUT2D eigenvalue weighted by Gasteiger charge is 2.11. The zero-order valence-electron chi connectivity index (χ0n) is 10.2. The molecule has 1 rings (SSSR count). The Morgan fingerprint density at radius 2 is 2.00 bits per heavy atom. The summed E-state index contributed by atoms with van der Waals surface area (Å²) in [5.74, 6) is 0.557. The Morgan fingerprint density at radius 3 is 2.47 bits per heavy atom. The van der Waals surface area contributed by atoms with E-state index < -0.39 is 0 Å². The summed E-state index contributed by atoms with van der Waals surface area (Å²) in [6, 6.07) is 7.36. The fourth-order valence-electron chi connectivity index (χ4n) is 1.19. The molecule has 0 bridgehead atoms. The molecule has 4 heteroatoms. The molecule has 0 aliphatic carbocycles. The SMILES string of the molecule is C=C(Cl)C(=NC(C)(C)C)Nc1cccc(Cl)c1. The Hall–Kier alpha value is -0.990. The van der Waals surface area contributed by atoms with Crippen LogP contribution in [0, 0.1) is 0 Å². The van der Waals surface area contributed by atoms with E-state index in [0.717, 1.165) is 5.69 Å². The summed E-state index contributed by atoms with van der Waals surface area (Å²) in [6.45, 7) is 9.68. The average molecular weight is 271 g/mol. The first-order valence-electron chi connectivity index (χ1n) is 5.25. The van der Waals surface area contributed by atoms with Crippen molar-refractivity contribution in [2.75, 3.05) is 5.32 Å². The van der Waals surface area contributed by atoms with E-state index in [1.807, 2.05) is 39.0 Å². The van der Waals surface area contributed by atoms with Crippen molar-refractivity contribution in [2.45, 2.75) is 26.3 Å². The number of nitrogens with zero attached hydrogens (tertiary/aromatic N) is 1. The number of amidine groups is 1. The van der Waals surface area contributed by atoms with Gasteiger partial charge in [0.05, 0.1) is 10.6 Å². The summed E-state index contributed by atoms with van der Waals surface area (Å²) in [7, 11) is 0. The number of benzene rings is 1. The highest BCUT2D eigenvalue weighted by atomic mass is 35.5. The number of hydrogen-bond acceptors (Lipinski definition) is 1. The molecule has 0 heterocycles. The number of halogens is 2. The number of rotatable bonds is 2. The van der Waals surface area contributed by atoms with E-state index in [1.165, 1.54) is 0 Å². The maximum Gasteiger partial charge on any atom is 0.144 e. The lowest BCUT2D eigenvalue weighted by Crippen LogP contribution is -2.20. The van der Waals surface area contributed by atoms with Gasteiger partial charge in [-0.3, -0.25) is 4.99 Å². The van der Waals surface area contributed by atoms with Crippen molar-refractivity contribution >= 4 is 34.7 Å². The van der Waals surface area contributed by atoms with Crippen LogP contribution >= 0.6 is 23.2 Å². The minimum atomic E-state index is -0.223. The lowest BCUT2D eigenvalue weighted by atomic mass is 10.1. The molecule has 1 aromatic carbocycles. The molecule has 0 aliphatic rings. The quantitative estimate of drug-likeness (QED) is 0.611. The standard InChI is InChI=1S/C13H16Cl2N2/c1-9(14)12(17-13(2,3)4)16-11-7-5-6-10(15)8-11/h5-8H,1H2,2-4H3,(H,16,17). The molecule has 2 nitrogen and oxygen atoms in total. The average Bonchev–Trinajstić information content (AvgIpc) is 2.14. The van der Waals surface area contributed by atoms with Gasteiger partial charge in [0.15, 0.2) is 0 Å². The molecule has 1 aromatic rings. The van der Waals surface area contributed by atoms with Crippen molar-refractivity contribution in [3.05, 3.63) is 40.9 Å². The van der Waals surface area contributed by atoms with Gasteiger partial charge in [-0.15, -0.1) is 0 Å². The molecule has 0 saturated heterocycles. The molecule has 0 aliphatic heterocycles. The molecule has 92 valence electrons. The van der Waals surface area contributed by atoms with Crippen LogP contribution in [0.4, 0.5) is 5.69 Å². The lowest BCUT2D eigenvalue weighted by molar-refractivity contribution is 0.584. The van der Waals surface area contributed by atoms with E-state index in [2.05, 4.69) is 16.9 Å². The Balaban J connectivity index is 2.96. The second-order valence-electron chi connectivity index (χ2n) is 4.67. The molecule has 0 saturated carbocycles. The fraction of sp³-hybridized carbons (Fsp3) is 0.308. The van der Waals surface area contributed by atoms with Crippen molar-refractivity contribution in [3.63, 3.8) is 0 Å². The Bertz CT molecular complexity index is 445. The van der Waals surface area contributed by atoms with Crippen LogP contribution in [0.2, 0.25) is 5.02 Å². The number of hydrogen-bond donors (Lipinski definition) is 1. The van der Waals surface area contributed by atoms with Crippen LogP contribution in [0.15, 0.2) is 40.9 Å². The van der Waals surface area contributed by atoms with Gasteiger partial charge in [-0.05, 0) is 39.0 Å². The lowest BCUT2D eigenvalue weighted by Gasteiger charge is -2.16. The molecule has 17 heavy (non-hydrogen) atoms. The number of nitrogens with one attached hydrogen (secondary N) is 1. The first-order chi connectivity index (χ1) is 7.78. The summed E-state index contributed by atoms with van der Waals surface area (Å²) in [5, 5.41) is 4.14. The maximum atomic E-state index is 5.92. The minimum absolute atomic E-state index is 0.223. The van der Waals surface area contributed by atoms with Gasteiger partial charge in [0.25, 0.3) is 0 Å². The highest BCUT2D eigenvalue weighted by Crippen LogP contribution is 2.18. The molecule has 0 spiro atoms. The molecule has 0 fully saturated rings. The van der Waals surface area contributed by atoms with Gasteiger partial charge in [0, 0.05) is 10.7 Å². The van der Waals surface area contributed by atoms with E-state index >= 15 is 0 Å². The first-order valence-corrected chi connectivity index (χ1v) is 6.01. The summed E-state index contributed by atoms with van der Waals surface area (Å²) in [5.41, 5.74) is 0.612. The number of aliphatic imine (C=N–C) groups is 1. The summed E-state index contributed by atoms with van der Waals surface area (Å²) >= 11 is 11.8. The van der Waals surface area contributed by atoms with Crippen molar-refractivity contribution in [2.24, 2.45) is 4.99 Å². The molecule has 0 atom stereocenters. The Morgan fingerprint density at radius 1 is 1.35 bits per heavy atom. The second kappa shape index (κ2) is 5.56. The van der Waals surface area contributed by atoms with Gasteiger partial charge >= 0.3 is 0 Å². The zero-order valence-corrected chi connectivity index (χ0v) is 11.7. The van der Waals surface area contributed by atoms with Gasteiger partial charge in [0.1, 0.15) is 5.84 Å². The molecular formula is C13H16Cl2N2. The van der Waals surface area contributed by atoms with Crippen LogP contribution < -0.4 is 5.32 Å². The molecule has 0 aromatic heterocycles. The van der Waals surface area contributed by atoms with Crippen LogP contribution in [0.1, 0.15) is 20.8 Å². The van der Waals surface area contributed by atoms with E-state index in [4.69, 9.17) is 23.2 Å². The third-order valence-electron chi connectivity index (χ3n) is 1.79. The predicted molar refractivity (Wildman–Crippen MR) is 77.3 cm³/mol. The van der Waals surface area contributed by atoms with Gasteiger partial charge in [0.2, 0.25) is 0 Å². The molecule has 0 radical (unpaired) electrons. The van der Waals surface area contributed by atoms with Crippen LogP contribution in [0.5, 0.6) is 0 Å². The molecule has 0 amide bonds. The van der Waals surface area contributed by atoms with Gasteiger partial charge in [-0.1, -0.05) is 35.8 Å². The normalized spacial score (nSPS) is 12.4. The molecular weight excluding hydrogens is 255 g/mol. The summed E-state index contributed by atoms with van der Waals surface area (Å²) in [4.78, 5) is 4.46. The van der Waals surface area contributed by atoms with Crippen molar-refractivity contribution in [3.8, 4) is 0 Å². The van der Waals surface area contributed by atoms with Crippen LogP contribution in [-0.2, 0) is 0 Å². The maximum absolute atomic E-state index is 5.92. The second-order valence-corrected chi connectivity index (χ2v) is 5.56. The summed E-state index contributed by atoms with van der Waals surface area (Å²) in [6.07, 6.45) is 0. The predicted octanol–water partition coefficient (Wildman–Crippen LogP) is 4.70. The third kappa shape index (κ3) is 5.24. The Kier molecular flexibility index (Phi) is 4.61. The van der Waals surface area contributed by atoms with Gasteiger partial charge < -0.3 is 5.32 Å². The van der Waals surface area contributed by atoms with E-state index in [9.17, 15) is 0 Å². The number of anilines is 1. The fourth-order valence-corrected chi connectivity index (χ4v) is 1.47. The Labute approximate surface area is 112 Å². The third-order valence-corrected chi connectivity index (χ3v) is 2.21. The molecule has 0 unspecified atom stereocenters. The van der Waals surface area contributed by atoms with E-state index in [-0.39, 0.29) is 5.54 Å². The first kappa shape index (κ1) is 14.1. The van der Waals surface area contributed by atoms with E-state index in [0.29, 0.717) is 15.9 Å². The molecule has 1 N–H and O–H groups in total. The van der Waals surface area contributed by atoms with Crippen molar-refractivity contribution in [1.29, 1.82) is 0 Å². The minimum Gasteiger partial charge on any atom is -0.339 e. The van der Waals surface area contributed by atoms with Crippen molar-refractivity contribution in [1.82, 2.24) is 0 Å². The zero-order chi connectivity index (χ0) is 13.1. The van der Waals surface area contributed by atoms with Crippen molar-refractivity contribution < 1.29 is 0 Å². The van der Waals surface area contributed by atoms with Gasteiger partial charge in [-0.2, -0.15) is 0 Å². The van der Waals surface area contributed by atoms with Crippen LogP contribution in [-0.4, -0.2) is 11.4 Å². The summed E-state index contributed by atoms with van der Waals surface area (Å²) < 4.78 is 0. The largest absolute Gasteiger partial charge is 0.339 e. The van der Waals surface area contributed by atoms with E-state index in [1.54, 1.807) is 6.07 Å². The van der Waals surface area contributed by atoms with Gasteiger partial charge in [-0.25, -0.2) is 0 Å².